The highest BCUT2D eigenvalue weighted by Crippen LogP contribution is 2.23. The molecule has 0 saturated carbocycles. The molecule has 0 bridgehead atoms. The molecule has 0 atom stereocenters. The van der Waals surface area contributed by atoms with Crippen LogP contribution in [0.1, 0.15) is 32.1 Å². The predicted molar refractivity (Wildman–Crippen MR) is 76.6 cm³/mol. The van der Waals surface area contributed by atoms with Crippen LogP contribution < -0.4 is 10.0 Å². The molecular formula is C12H22N2O2S2. The van der Waals surface area contributed by atoms with Crippen LogP contribution in [0, 0.1) is 0 Å². The third kappa shape index (κ3) is 4.35. The van der Waals surface area contributed by atoms with Crippen molar-refractivity contribution in [2.24, 2.45) is 0 Å². The molecule has 1 aromatic rings. The summed E-state index contributed by atoms with van der Waals surface area (Å²) in [5, 5.41) is 3.05. The van der Waals surface area contributed by atoms with Crippen LogP contribution in [0.5, 0.6) is 0 Å². The molecule has 0 aliphatic heterocycles. The summed E-state index contributed by atoms with van der Waals surface area (Å²) in [5.74, 6) is 0. The molecule has 0 amide bonds. The highest BCUT2D eigenvalue weighted by atomic mass is 32.2. The fourth-order valence-corrected chi connectivity index (χ4v) is 4.21. The molecule has 1 heterocycles. The molecule has 4 nitrogen and oxygen atoms in total. The summed E-state index contributed by atoms with van der Waals surface area (Å²) in [6.45, 7) is 6.60. The average Bonchev–Trinajstić information content (AvgIpc) is 2.74. The summed E-state index contributed by atoms with van der Waals surface area (Å²) in [6.07, 6.45) is 1.61. The number of likely N-dealkylation sites (N-methyl/N-ethyl adjacent to an activating group) is 1. The second-order valence-corrected chi connectivity index (χ2v) is 7.99. The topological polar surface area (TPSA) is 58.2 Å². The van der Waals surface area contributed by atoms with Crippen LogP contribution >= 0.6 is 11.3 Å². The molecule has 0 saturated heterocycles. The third-order valence-corrected chi connectivity index (χ3v) is 6.15. The van der Waals surface area contributed by atoms with Crippen molar-refractivity contribution in [1.29, 1.82) is 0 Å². The normalized spacial score (nSPS) is 12.9. The average molecular weight is 290 g/mol. The van der Waals surface area contributed by atoms with E-state index in [9.17, 15) is 8.42 Å². The summed E-state index contributed by atoms with van der Waals surface area (Å²) in [4.78, 5) is 1.08. The van der Waals surface area contributed by atoms with Gasteiger partial charge < -0.3 is 5.32 Å². The highest BCUT2D eigenvalue weighted by molar-refractivity contribution is 7.91. The van der Waals surface area contributed by atoms with Crippen LogP contribution in [0.15, 0.2) is 16.3 Å². The summed E-state index contributed by atoms with van der Waals surface area (Å²) < 4.78 is 27.5. The molecule has 0 radical (unpaired) electrons. The fraction of sp³-hybridized carbons (Fsp3) is 0.667. The van der Waals surface area contributed by atoms with E-state index in [1.54, 1.807) is 6.07 Å². The molecule has 0 spiro atoms. The molecule has 104 valence electrons. The first-order chi connectivity index (χ1) is 8.30. The summed E-state index contributed by atoms with van der Waals surface area (Å²) >= 11 is 1.34. The van der Waals surface area contributed by atoms with Crippen LogP contribution in [0.25, 0.3) is 0 Å². The van der Waals surface area contributed by atoms with E-state index >= 15 is 0 Å². The summed E-state index contributed by atoms with van der Waals surface area (Å²) in [5.41, 5.74) is -0.409. The molecule has 0 unspecified atom stereocenters. The predicted octanol–water partition coefficient (Wildman–Crippen LogP) is 1.98. The molecule has 1 rings (SSSR count). The Morgan fingerprint density at radius 2 is 2.00 bits per heavy atom. The first kappa shape index (κ1) is 15.6. The molecule has 0 aliphatic carbocycles. The minimum absolute atomic E-state index is 0.398. The van der Waals surface area contributed by atoms with Gasteiger partial charge in [-0.25, -0.2) is 13.1 Å². The molecule has 0 fully saturated rings. The maximum absolute atomic E-state index is 12.2. The second kappa shape index (κ2) is 6.14. The Labute approximate surface area is 114 Å². The van der Waals surface area contributed by atoms with Gasteiger partial charge in [-0.05, 0) is 52.4 Å². The van der Waals surface area contributed by atoms with Crippen LogP contribution in [0.4, 0.5) is 0 Å². The number of hydrogen-bond donors (Lipinski definition) is 2. The standard InChI is InChI=1S/C12H22N2O2S2/c1-5-12(2,3)14-18(15,16)11-7-6-10(17-11)8-9-13-4/h6-7,13-14H,5,8-9H2,1-4H3. The Morgan fingerprint density at radius 1 is 1.33 bits per heavy atom. The van der Waals surface area contributed by atoms with Gasteiger partial charge in [-0.1, -0.05) is 6.92 Å². The Bertz CT molecular complexity index is 478. The van der Waals surface area contributed by atoms with Crippen molar-refractivity contribution in [3.05, 3.63) is 17.0 Å². The van der Waals surface area contributed by atoms with E-state index in [2.05, 4.69) is 10.0 Å². The number of hydrogen-bond acceptors (Lipinski definition) is 4. The van der Waals surface area contributed by atoms with Crippen molar-refractivity contribution < 1.29 is 8.42 Å². The van der Waals surface area contributed by atoms with Crippen LogP contribution in [0.2, 0.25) is 0 Å². The van der Waals surface area contributed by atoms with E-state index in [1.807, 2.05) is 33.9 Å². The van der Waals surface area contributed by atoms with Gasteiger partial charge >= 0.3 is 0 Å². The maximum Gasteiger partial charge on any atom is 0.250 e. The first-order valence-electron chi connectivity index (χ1n) is 6.08. The zero-order valence-corrected chi connectivity index (χ0v) is 13.0. The lowest BCUT2D eigenvalue weighted by Crippen LogP contribution is -2.42. The number of nitrogens with one attached hydrogen (secondary N) is 2. The van der Waals surface area contributed by atoms with E-state index in [-0.39, 0.29) is 0 Å². The second-order valence-electron chi connectivity index (χ2n) is 4.92. The van der Waals surface area contributed by atoms with Gasteiger partial charge in [-0.3, -0.25) is 0 Å². The molecule has 18 heavy (non-hydrogen) atoms. The lowest BCUT2D eigenvalue weighted by atomic mass is 10.0. The monoisotopic (exact) mass is 290 g/mol. The highest BCUT2D eigenvalue weighted by Gasteiger charge is 2.25. The van der Waals surface area contributed by atoms with E-state index in [0.29, 0.717) is 4.21 Å². The lowest BCUT2D eigenvalue weighted by molar-refractivity contribution is 0.440. The van der Waals surface area contributed by atoms with Gasteiger partial charge in [0.1, 0.15) is 4.21 Å². The van der Waals surface area contributed by atoms with Gasteiger partial charge in [0.15, 0.2) is 0 Å². The quantitative estimate of drug-likeness (QED) is 0.807. The van der Waals surface area contributed by atoms with Crippen LogP contribution in [0.3, 0.4) is 0 Å². The van der Waals surface area contributed by atoms with Gasteiger partial charge in [0, 0.05) is 10.4 Å². The van der Waals surface area contributed by atoms with E-state index in [0.717, 1.165) is 24.3 Å². The van der Waals surface area contributed by atoms with Gasteiger partial charge in [-0.2, -0.15) is 0 Å². The van der Waals surface area contributed by atoms with Crippen LogP contribution in [-0.2, 0) is 16.4 Å². The molecule has 1 aromatic heterocycles. The van der Waals surface area contributed by atoms with Crippen molar-refractivity contribution in [3.8, 4) is 0 Å². The fourth-order valence-electron chi connectivity index (χ4n) is 1.37. The van der Waals surface area contributed by atoms with Gasteiger partial charge in [0.25, 0.3) is 10.0 Å². The van der Waals surface area contributed by atoms with Gasteiger partial charge in [0.05, 0.1) is 0 Å². The molecule has 2 N–H and O–H groups in total. The zero-order valence-electron chi connectivity index (χ0n) is 11.4. The van der Waals surface area contributed by atoms with Gasteiger partial charge in [-0.15, -0.1) is 11.3 Å². The Balaban J connectivity index is 2.82. The van der Waals surface area contributed by atoms with Crippen molar-refractivity contribution in [3.63, 3.8) is 0 Å². The van der Waals surface area contributed by atoms with E-state index in [4.69, 9.17) is 0 Å². The summed E-state index contributed by atoms with van der Waals surface area (Å²) in [7, 11) is -1.50. The molecule has 6 heteroatoms. The zero-order chi connectivity index (χ0) is 13.8. The lowest BCUT2D eigenvalue weighted by Gasteiger charge is -2.23. The van der Waals surface area contributed by atoms with Gasteiger partial charge in [0.2, 0.25) is 0 Å². The Kier molecular flexibility index (Phi) is 5.33. The Hall–Kier alpha value is -0.430. The smallest absolute Gasteiger partial charge is 0.250 e. The first-order valence-corrected chi connectivity index (χ1v) is 8.38. The number of sulfonamides is 1. The van der Waals surface area contributed by atoms with Crippen molar-refractivity contribution >= 4 is 21.4 Å². The minimum Gasteiger partial charge on any atom is -0.319 e. The van der Waals surface area contributed by atoms with Crippen molar-refractivity contribution in [2.75, 3.05) is 13.6 Å². The van der Waals surface area contributed by atoms with Crippen molar-refractivity contribution in [1.82, 2.24) is 10.0 Å². The number of rotatable bonds is 7. The minimum atomic E-state index is -3.39. The number of thiophene rings is 1. The summed E-state index contributed by atoms with van der Waals surface area (Å²) in [6, 6.07) is 3.57. The SMILES string of the molecule is CCC(C)(C)NS(=O)(=O)c1ccc(CCNC)s1. The molecule has 0 aliphatic rings. The Morgan fingerprint density at radius 3 is 2.56 bits per heavy atom. The molecule has 0 aromatic carbocycles. The molecular weight excluding hydrogens is 268 g/mol. The van der Waals surface area contributed by atoms with Crippen LogP contribution in [-0.4, -0.2) is 27.5 Å². The van der Waals surface area contributed by atoms with E-state index in [1.165, 1.54) is 11.3 Å². The largest absolute Gasteiger partial charge is 0.319 e. The third-order valence-electron chi connectivity index (χ3n) is 2.82. The van der Waals surface area contributed by atoms with Crippen molar-refractivity contribution in [2.45, 2.75) is 43.4 Å². The maximum atomic E-state index is 12.2. The van der Waals surface area contributed by atoms with E-state index < -0.39 is 15.6 Å².